The summed E-state index contributed by atoms with van der Waals surface area (Å²) in [5.74, 6) is 1.59. The van der Waals surface area contributed by atoms with E-state index in [0.29, 0.717) is 43.2 Å². The normalized spacial score (nSPS) is 29.0. The summed E-state index contributed by atoms with van der Waals surface area (Å²) in [5.41, 5.74) is 1.58. The summed E-state index contributed by atoms with van der Waals surface area (Å²) in [5, 5.41) is 7.13. The summed E-state index contributed by atoms with van der Waals surface area (Å²) in [6, 6.07) is 10.8. The van der Waals surface area contributed by atoms with Gasteiger partial charge < -0.3 is 20.1 Å². The van der Waals surface area contributed by atoms with Crippen LogP contribution in [0.4, 0.5) is 0 Å². The maximum atomic E-state index is 6.02. The van der Waals surface area contributed by atoms with E-state index in [1.54, 1.807) is 0 Å². The van der Waals surface area contributed by atoms with Crippen LogP contribution in [-0.2, 0) is 16.1 Å². The standard InChI is InChI=1S/C21H31N3O2/c1-2-22-20(23-12-14-25-15-16-7-4-3-5-8-16)24-18-17-9-13-26-19(17)21(18)10-6-11-21/h3-5,7-8,17-19H,2,6,9-15H2,1H3,(H2,22,23,24). The molecule has 26 heavy (non-hydrogen) atoms. The van der Waals surface area contributed by atoms with Gasteiger partial charge in [0.25, 0.3) is 0 Å². The molecule has 5 nitrogen and oxygen atoms in total. The first-order valence-corrected chi connectivity index (χ1v) is 10.1. The first-order valence-electron chi connectivity index (χ1n) is 10.1. The molecule has 2 saturated carbocycles. The van der Waals surface area contributed by atoms with Crippen LogP contribution in [0, 0.1) is 11.3 Å². The molecule has 1 aliphatic heterocycles. The van der Waals surface area contributed by atoms with Gasteiger partial charge in [-0.2, -0.15) is 0 Å². The van der Waals surface area contributed by atoms with Crippen LogP contribution in [0.25, 0.3) is 0 Å². The largest absolute Gasteiger partial charge is 0.377 e. The van der Waals surface area contributed by atoms with Gasteiger partial charge in [0, 0.05) is 30.5 Å². The zero-order chi connectivity index (χ0) is 17.8. The average molecular weight is 357 g/mol. The lowest BCUT2D eigenvalue weighted by atomic mass is 9.46. The Kier molecular flexibility index (Phi) is 5.46. The Balaban J connectivity index is 1.27. The maximum absolute atomic E-state index is 6.02. The Labute approximate surface area is 156 Å². The lowest BCUT2D eigenvalue weighted by molar-refractivity contribution is -0.171. The molecule has 3 atom stereocenters. The predicted molar refractivity (Wildman–Crippen MR) is 103 cm³/mol. The van der Waals surface area contributed by atoms with Gasteiger partial charge in [0.2, 0.25) is 0 Å². The van der Waals surface area contributed by atoms with Crippen LogP contribution in [0.2, 0.25) is 0 Å². The minimum Gasteiger partial charge on any atom is -0.377 e. The Hall–Kier alpha value is -1.59. The van der Waals surface area contributed by atoms with Crippen molar-refractivity contribution in [2.45, 2.75) is 51.4 Å². The zero-order valence-corrected chi connectivity index (χ0v) is 15.7. The van der Waals surface area contributed by atoms with Crippen molar-refractivity contribution in [2.75, 3.05) is 26.3 Å². The van der Waals surface area contributed by atoms with Crippen molar-refractivity contribution >= 4 is 5.96 Å². The summed E-state index contributed by atoms with van der Waals surface area (Å²) in [6.45, 7) is 5.87. The molecule has 3 fully saturated rings. The van der Waals surface area contributed by atoms with Gasteiger partial charge in [-0.15, -0.1) is 0 Å². The summed E-state index contributed by atoms with van der Waals surface area (Å²) >= 11 is 0. The number of aliphatic imine (C=N–C) groups is 1. The van der Waals surface area contributed by atoms with Crippen LogP contribution in [0.1, 0.15) is 38.2 Å². The van der Waals surface area contributed by atoms with Gasteiger partial charge in [0.15, 0.2) is 5.96 Å². The molecule has 4 rings (SSSR count). The SMILES string of the molecule is CCNC(=NCCOCc1ccccc1)NC1C2CCOC2C12CCC2. The molecule has 5 heteroatoms. The van der Waals surface area contributed by atoms with Crippen LogP contribution in [0.15, 0.2) is 35.3 Å². The van der Waals surface area contributed by atoms with Crippen molar-refractivity contribution in [3.63, 3.8) is 0 Å². The second-order valence-electron chi connectivity index (χ2n) is 7.75. The molecule has 1 heterocycles. The molecule has 1 spiro atoms. The molecule has 1 saturated heterocycles. The quantitative estimate of drug-likeness (QED) is 0.448. The topological polar surface area (TPSA) is 54.9 Å². The fraction of sp³-hybridized carbons (Fsp3) is 0.667. The van der Waals surface area contributed by atoms with Crippen LogP contribution >= 0.6 is 0 Å². The summed E-state index contributed by atoms with van der Waals surface area (Å²) in [7, 11) is 0. The highest BCUT2D eigenvalue weighted by molar-refractivity contribution is 5.80. The molecule has 0 aromatic heterocycles. The van der Waals surface area contributed by atoms with Crippen molar-refractivity contribution in [1.29, 1.82) is 0 Å². The minimum atomic E-state index is 0.376. The van der Waals surface area contributed by atoms with Crippen molar-refractivity contribution in [1.82, 2.24) is 10.6 Å². The third kappa shape index (κ3) is 3.35. The van der Waals surface area contributed by atoms with E-state index in [4.69, 9.17) is 14.5 Å². The number of hydrogen-bond donors (Lipinski definition) is 2. The first kappa shape index (κ1) is 17.8. The number of hydrogen-bond acceptors (Lipinski definition) is 3. The van der Waals surface area contributed by atoms with E-state index in [1.165, 1.54) is 31.2 Å². The van der Waals surface area contributed by atoms with Gasteiger partial charge in [-0.1, -0.05) is 36.8 Å². The number of fused-ring (bicyclic) bond motifs is 2. The number of ether oxygens (including phenoxy) is 2. The second kappa shape index (κ2) is 7.97. The molecular formula is C21H31N3O2. The zero-order valence-electron chi connectivity index (χ0n) is 15.7. The van der Waals surface area contributed by atoms with Gasteiger partial charge in [0.05, 0.1) is 25.9 Å². The number of guanidine groups is 1. The van der Waals surface area contributed by atoms with Crippen molar-refractivity contribution in [3.05, 3.63) is 35.9 Å². The number of nitrogens with one attached hydrogen (secondary N) is 2. The smallest absolute Gasteiger partial charge is 0.191 e. The summed E-state index contributed by atoms with van der Waals surface area (Å²) in [4.78, 5) is 4.73. The Morgan fingerprint density at radius 3 is 2.88 bits per heavy atom. The molecule has 0 amide bonds. The molecular weight excluding hydrogens is 326 g/mol. The number of rotatable bonds is 7. The van der Waals surface area contributed by atoms with Crippen molar-refractivity contribution < 1.29 is 9.47 Å². The molecule has 1 aromatic carbocycles. The van der Waals surface area contributed by atoms with Gasteiger partial charge in [-0.25, -0.2) is 0 Å². The number of benzene rings is 1. The van der Waals surface area contributed by atoms with Crippen molar-refractivity contribution in [2.24, 2.45) is 16.3 Å². The Morgan fingerprint density at radius 1 is 1.31 bits per heavy atom. The van der Waals surface area contributed by atoms with Crippen LogP contribution < -0.4 is 10.6 Å². The Morgan fingerprint density at radius 2 is 2.15 bits per heavy atom. The van der Waals surface area contributed by atoms with Crippen molar-refractivity contribution in [3.8, 4) is 0 Å². The van der Waals surface area contributed by atoms with Crippen LogP contribution in [-0.4, -0.2) is 44.4 Å². The molecule has 1 aromatic rings. The second-order valence-corrected chi connectivity index (χ2v) is 7.75. The van der Waals surface area contributed by atoms with E-state index in [2.05, 4.69) is 29.7 Å². The van der Waals surface area contributed by atoms with Crippen LogP contribution in [0.3, 0.4) is 0 Å². The van der Waals surface area contributed by atoms with Crippen LogP contribution in [0.5, 0.6) is 0 Å². The predicted octanol–water partition coefficient (Wildman–Crippen LogP) is 2.72. The molecule has 3 aliphatic rings. The van der Waals surface area contributed by atoms with Gasteiger partial charge in [-0.3, -0.25) is 4.99 Å². The summed E-state index contributed by atoms with van der Waals surface area (Å²) < 4.78 is 11.8. The maximum Gasteiger partial charge on any atom is 0.191 e. The molecule has 3 unspecified atom stereocenters. The fourth-order valence-electron chi connectivity index (χ4n) is 4.91. The monoisotopic (exact) mass is 357 g/mol. The summed E-state index contributed by atoms with van der Waals surface area (Å²) in [6.07, 6.45) is 5.61. The lowest BCUT2D eigenvalue weighted by Gasteiger charge is -2.63. The fourth-order valence-corrected chi connectivity index (χ4v) is 4.91. The highest BCUT2D eigenvalue weighted by atomic mass is 16.5. The van der Waals surface area contributed by atoms with Gasteiger partial charge in [0.1, 0.15) is 0 Å². The highest BCUT2D eigenvalue weighted by Gasteiger charge is 2.66. The number of nitrogens with zero attached hydrogens (tertiary/aromatic N) is 1. The first-order chi connectivity index (χ1) is 12.8. The third-order valence-corrected chi connectivity index (χ3v) is 6.29. The van der Waals surface area contributed by atoms with E-state index in [1.807, 2.05) is 18.2 Å². The van der Waals surface area contributed by atoms with Gasteiger partial charge in [-0.05, 0) is 31.7 Å². The Bertz CT molecular complexity index is 615. The molecule has 2 aliphatic carbocycles. The molecule has 142 valence electrons. The van der Waals surface area contributed by atoms with E-state index in [9.17, 15) is 0 Å². The third-order valence-electron chi connectivity index (χ3n) is 6.29. The van der Waals surface area contributed by atoms with E-state index in [0.717, 1.165) is 19.1 Å². The minimum absolute atomic E-state index is 0.376. The average Bonchev–Trinajstić information content (AvgIpc) is 3.04. The molecule has 0 radical (unpaired) electrons. The van der Waals surface area contributed by atoms with Gasteiger partial charge >= 0.3 is 0 Å². The van der Waals surface area contributed by atoms with E-state index >= 15 is 0 Å². The molecule has 0 bridgehead atoms. The molecule has 2 N–H and O–H groups in total. The highest BCUT2D eigenvalue weighted by Crippen LogP contribution is 2.62. The lowest BCUT2D eigenvalue weighted by Crippen LogP contribution is -2.72. The van der Waals surface area contributed by atoms with E-state index < -0.39 is 0 Å². The van der Waals surface area contributed by atoms with E-state index in [-0.39, 0.29) is 0 Å².